The fourth-order valence-corrected chi connectivity index (χ4v) is 1.92. The molecule has 3 rings (SSSR count). The van der Waals surface area contributed by atoms with Crippen molar-refractivity contribution in [2.24, 2.45) is 0 Å². The molecule has 1 atom stereocenters. The summed E-state index contributed by atoms with van der Waals surface area (Å²) < 4.78 is 5.24. The van der Waals surface area contributed by atoms with E-state index in [9.17, 15) is 0 Å². The number of imidazole rings is 1. The van der Waals surface area contributed by atoms with Crippen molar-refractivity contribution in [3.63, 3.8) is 0 Å². The standard InChI is InChI=1S/C10H13N5O/c1-2-4-11-7(3-1)10-14-9(15-16-10)8-12-5-6-13-8/h5-7,11H,1-4H2,(H,12,13). The average molecular weight is 219 g/mol. The van der Waals surface area contributed by atoms with E-state index in [0.29, 0.717) is 17.5 Å². The molecule has 1 fully saturated rings. The Bertz CT molecular complexity index is 443. The number of nitrogens with one attached hydrogen (secondary N) is 2. The molecule has 2 aromatic heterocycles. The van der Waals surface area contributed by atoms with Crippen molar-refractivity contribution in [2.45, 2.75) is 25.3 Å². The normalized spacial score (nSPS) is 21.1. The molecule has 0 saturated carbocycles. The fraction of sp³-hybridized carbons (Fsp3) is 0.500. The molecule has 0 radical (unpaired) electrons. The minimum absolute atomic E-state index is 0.199. The van der Waals surface area contributed by atoms with Gasteiger partial charge in [0.05, 0.1) is 6.04 Å². The lowest BCUT2D eigenvalue weighted by Crippen LogP contribution is -2.26. The van der Waals surface area contributed by atoms with Crippen LogP contribution >= 0.6 is 0 Å². The van der Waals surface area contributed by atoms with Crippen LogP contribution in [0.1, 0.15) is 31.2 Å². The Morgan fingerprint density at radius 2 is 2.38 bits per heavy atom. The second kappa shape index (κ2) is 4.05. The van der Waals surface area contributed by atoms with E-state index in [1.54, 1.807) is 12.4 Å². The molecule has 84 valence electrons. The molecule has 0 amide bonds. The number of aromatic nitrogens is 4. The van der Waals surface area contributed by atoms with E-state index in [0.717, 1.165) is 13.0 Å². The van der Waals surface area contributed by atoms with Gasteiger partial charge in [0.15, 0.2) is 5.82 Å². The van der Waals surface area contributed by atoms with Crippen molar-refractivity contribution in [1.82, 2.24) is 25.4 Å². The highest BCUT2D eigenvalue weighted by Gasteiger charge is 2.21. The molecular formula is C10H13N5O. The summed E-state index contributed by atoms with van der Waals surface area (Å²) in [5.41, 5.74) is 0. The van der Waals surface area contributed by atoms with Crippen molar-refractivity contribution in [3.8, 4) is 11.6 Å². The number of aromatic amines is 1. The zero-order valence-corrected chi connectivity index (χ0v) is 8.81. The largest absolute Gasteiger partial charge is 0.342 e. The van der Waals surface area contributed by atoms with Crippen LogP contribution in [0, 0.1) is 0 Å². The monoisotopic (exact) mass is 219 g/mol. The highest BCUT2D eigenvalue weighted by molar-refractivity contribution is 5.40. The summed E-state index contributed by atoms with van der Waals surface area (Å²) >= 11 is 0. The van der Waals surface area contributed by atoms with Gasteiger partial charge in [-0.2, -0.15) is 4.98 Å². The predicted octanol–water partition coefficient (Wildman–Crippen LogP) is 1.27. The van der Waals surface area contributed by atoms with Gasteiger partial charge < -0.3 is 14.8 Å². The molecule has 3 heterocycles. The van der Waals surface area contributed by atoms with Crippen LogP contribution in [0.15, 0.2) is 16.9 Å². The van der Waals surface area contributed by atoms with Crippen molar-refractivity contribution in [2.75, 3.05) is 6.54 Å². The molecule has 6 heteroatoms. The molecule has 16 heavy (non-hydrogen) atoms. The molecule has 2 N–H and O–H groups in total. The Balaban J connectivity index is 1.82. The van der Waals surface area contributed by atoms with Crippen LogP contribution in [0.2, 0.25) is 0 Å². The van der Waals surface area contributed by atoms with Crippen molar-refractivity contribution >= 4 is 0 Å². The average Bonchev–Trinajstić information content (AvgIpc) is 3.01. The maximum atomic E-state index is 5.24. The summed E-state index contributed by atoms with van der Waals surface area (Å²) in [6, 6.07) is 0.199. The lowest BCUT2D eigenvalue weighted by molar-refractivity contribution is 0.297. The number of hydrogen-bond donors (Lipinski definition) is 2. The molecule has 0 bridgehead atoms. The molecule has 1 unspecified atom stereocenters. The van der Waals surface area contributed by atoms with Crippen molar-refractivity contribution in [1.29, 1.82) is 0 Å². The van der Waals surface area contributed by atoms with Crippen LogP contribution in [0.4, 0.5) is 0 Å². The maximum Gasteiger partial charge on any atom is 0.244 e. The van der Waals surface area contributed by atoms with Gasteiger partial charge in [-0.3, -0.25) is 0 Å². The number of nitrogens with zero attached hydrogens (tertiary/aromatic N) is 3. The zero-order valence-electron chi connectivity index (χ0n) is 8.81. The second-order valence-corrected chi connectivity index (χ2v) is 3.90. The quantitative estimate of drug-likeness (QED) is 0.795. The van der Waals surface area contributed by atoms with Crippen LogP contribution in [-0.2, 0) is 0 Å². The van der Waals surface area contributed by atoms with Gasteiger partial charge in [-0.25, -0.2) is 4.98 Å². The molecule has 2 aromatic rings. The van der Waals surface area contributed by atoms with Gasteiger partial charge in [0, 0.05) is 12.4 Å². The third-order valence-corrected chi connectivity index (χ3v) is 2.76. The van der Waals surface area contributed by atoms with Crippen LogP contribution < -0.4 is 5.32 Å². The van der Waals surface area contributed by atoms with Crippen molar-refractivity contribution in [3.05, 3.63) is 18.3 Å². The lowest BCUT2D eigenvalue weighted by Gasteiger charge is -2.19. The van der Waals surface area contributed by atoms with E-state index in [-0.39, 0.29) is 6.04 Å². The number of H-pyrrole nitrogens is 1. The second-order valence-electron chi connectivity index (χ2n) is 3.90. The van der Waals surface area contributed by atoms with Crippen LogP contribution in [0.25, 0.3) is 11.6 Å². The number of piperidine rings is 1. The summed E-state index contributed by atoms with van der Waals surface area (Å²) in [7, 11) is 0. The van der Waals surface area contributed by atoms with E-state index < -0.39 is 0 Å². The Morgan fingerprint density at radius 3 is 3.12 bits per heavy atom. The first kappa shape index (κ1) is 9.53. The van der Waals surface area contributed by atoms with Crippen LogP contribution in [0.5, 0.6) is 0 Å². The van der Waals surface area contributed by atoms with Gasteiger partial charge in [0.1, 0.15) is 0 Å². The number of hydrogen-bond acceptors (Lipinski definition) is 5. The Labute approximate surface area is 92.5 Å². The van der Waals surface area contributed by atoms with Gasteiger partial charge in [0.2, 0.25) is 11.7 Å². The predicted molar refractivity (Wildman–Crippen MR) is 56.5 cm³/mol. The topological polar surface area (TPSA) is 79.6 Å². The van der Waals surface area contributed by atoms with Crippen LogP contribution in [-0.4, -0.2) is 26.7 Å². The summed E-state index contributed by atoms with van der Waals surface area (Å²) in [5.74, 6) is 1.82. The maximum absolute atomic E-state index is 5.24. The molecule has 0 aliphatic carbocycles. The van der Waals surface area contributed by atoms with Gasteiger partial charge in [0.25, 0.3) is 0 Å². The summed E-state index contributed by atoms with van der Waals surface area (Å²) in [5, 5.41) is 7.28. The smallest absolute Gasteiger partial charge is 0.244 e. The van der Waals surface area contributed by atoms with E-state index in [2.05, 4.69) is 25.4 Å². The zero-order chi connectivity index (χ0) is 10.8. The fourth-order valence-electron chi connectivity index (χ4n) is 1.92. The first-order valence-electron chi connectivity index (χ1n) is 5.50. The van der Waals surface area contributed by atoms with Gasteiger partial charge in [-0.05, 0) is 19.4 Å². The first-order chi connectivity index (χ1) is 7.93. The minimum Gasteiger partial charge on any atom is -0.342 e. The Kier molecular flexibility index (Phi) is 2.41. The lowest BCUT2D eigenvalue weighted by atomic mass is 10.1. The molecule has 0 aromatic carbocycles. The Hall–Kier alpha value is -1.69. The third kappa shape index (κ3) is 1.71. The third-order valence-electron chi connectivity index (χ3n) is 2.76. The van der Waals surface area contributed by atoms with E-state index in [1.807, 2.05) is 0 Å². The molecule has 0 spiro atoms. The highest BCUT2D eigenvalue weighted by Crippen LogP contribution is 2.22. The Morgan fingerprint density at radius 1 is 1.38 bits per heavy atom. The molecule has 1 aliphatic rings. The molecule has 1 saturated heterocycles. The molecule has 1 aliphatic heterocycles. The van der Waals surface area contributed by atoms with Gasteiger partial charge >= 0.3 is 0 Å². The van der Waals surface area contributed by atoms with Crippen LogP contribution in [0.3, 0.4) is 0 Å². The van der Waals surface area contributed by atoms with Gasteiger partial charge in [-0.15, -0.1) is 0 Å². The highest BCUT2D eigenvalue weighted by atomic mass is 16.5. The van der Waals surface area contributed by atoms with E-state index in [1.165, 1.54) is 12.8 Å². The number of rotatable bonds is 2. The van der Waals surface area contributed by atoms with Gasteiger partial charge in [-0.1, -0.05) is 11.6 Å². The summed E-state index contributed by atoms with van der Waals surface area (Å²) in [4.78, 5) is 11.4. The van der Waals surface area contributed by atoms with Crippen molar-refractivity contribution < 1.29 is 4.52 Å². The summed E-state index contributed by atoms with van der Waals surface area (Å²) in [6.07, 6.45) is 6.89. The van der Waals surface area contributed by atoms with E-state index in [4.69, 9.17) is 4.52 Å². The first-order valence-corrected chi connectivity index (χ1v) is 5.50. The molecule has 6 nitrogen and oxygen atoms in total. The summed E-state index contributed by atoms with van der Waals surface area (Å²) in [6.45, 7) is 1.02. The van der Waals surface area contributed by atoms with E-state index >= 15 is 0 Å². The SMILES string of the molecule is c1c[nH]c(-c2noc(C3CCCCN3)n2)n1. The minimum atomic E-state index is 0.199. The molecular weight excluding hydrogens is 206 g/mol.